The highest BCUT2D eigenvalue weighted by Crippen LogP contribution is 2.18. The molecule has 2 N–H and O–H groups in total. The van der Waals surface area contributed by atoms with Gasteiger partial charge in [-0.05, 0) is 48.5 Å². The van der Waals surface area contributed by atoms with Crippen molar-refractivity contribution in [3.63, 3.8) is 0 Å². The maximum atomic E-state index is 13.2. The van der Waals surface area contributed by atoms with Gasteiger partial charge in [-0.3, -0.25) is 4.79 Å². The SMILES string of the molecule is COc1ccc(Nc2ccc(C(=O)Nc3ccc(F)c(F)c3)nn2)cc1. The number of rotatable bonds is 5. The summed E-state index contributed by atoms with van der Waals surface area (Å²) < 4.78 is 31.1. The second-order valence-electron chi connectivity index (χ2n) is 5.24. The Balaban J connectivity index is 1.66. The Hall–Kier alpha value is -3.55. The van der Waals surface area contributed by atoms with Crippen LogP contribution in [0.3, 0.4) is 0 Å². The zero-order valence-corrected chi connectivity index (χ0v) is 13.7. The van der Waals surface area contributed by atoms with Crippen LogP contribution in [0.15, 0.2) is 54.6 Å². The molecule has 1 heterocycles. The first-order valence-corrected chi connectivity index (χ1v) is 7.56. The highest BCUT2D eigenvalue weighted by molar-refractivity contribution is 6.02. The predicted octanol–water partition coefficient (Wildman–Crippen LogP) is 3.76. The monoisotopic (exact) mass is 356 g/mol. The molecule has 2 aromatic carbocycles. The number of nitrogens with zero attached hydrogens (tertiary/aromatic N) is 2. The molecular formula is C18H14F2N4O2. The number of methoxy groups -OCH3 is 1. The fourth-order valence-corrected chi connectivity index (χ4v) is 2.11. The Morgan fingerprint density at radius 2 is 1.65 bits per heavy atom. The average Bonchev–Trinajstić information content (AvgIpc) is 2.66. The van der Waals surface area contributed by atoms with Crippen LogP contribution in [0, 0.1) is 11.6 Å². The Morgan fingerprint density at radius 1 is 0.923 bits per heavy atom. The number of anilines is 3. The summed E-state index contributed by atoms with van der Waals surface area (Å²) in [5.74, 6) is -1.45. The minimum absolute atomic E-state index is 0.0371. The Labute approximate surface area is 147 Å². The number of aromatic nitrogens is 2. The molecular weight excluding hydrogens is 342 g/mol. The number of amides is 1. The van der Waals surface area contributed by atoms with E-state index < -0.39 is 17.5 Å². The molecule has 0 bridgehead atoms. The van der Waals surface area contributed by atoms with Crippen molar-refractivity contribution in [2.45, 2.75) is 0 Å². The molecule has 0 aliphatic heterocycles. The molecule has 0 fully saturated rings. The molecule has 26 heavy (non-hydrogen) atoms. The number of halogens is 2. The lowest BCUT2D eigenvalue weighted by Gasteiger charge is -2.07. The molecule has 1 aromatic heterocycles. The van der Waals surface area contributed by atoms with Gasteiger partial charge in [0.25, 0.3) is 5.91 Å². The summed E-state index contributed by atoms with van der Waals surface area (Å²) >= 11 is 0. The highest BCUT2D eigenvalue weighted by atomic mass is 19.2. The van der Waals surface area contributed by atoms with Crippen LogP contribution < -0.4 is 15.4 Å². The molecule has 132 valence electrons. The summed E-state index contributed by atoms with van der Waals surface area (Å²) in [6.45, 7) is 0. The largest absolute Gasteiger partial charge is 0.497 e. The van der Waals surface area contributed by atoms with Crippen LogP contribution in [0.1, 0.15) is 10.5 Å². The third-order valence-electron chi connectivity index (χ3n) is 3.44. The first kappa shape index (κ1) is 17.3. The first-order chi connectivity index (χ1) is 12.5. The number of carbonyl (C=O) groups is 1. The van der Waals surface area contributed by atoms with Gasteiger partial charge >= 0.3 is 0 Å². The molecule has 1 amide bonds. The second kappa shape index (κ2) is 7.56. The second-order valence-corrected chi connectivity index (χ2v) is 5.24. The van der Waals surface area contributed by atoms with Crippen LogP contribution in [0.4, 0.5) is 26.0 Å². The van der Waals surface area contributed by atoms with Crippen LogP contribution in [0.25, 0.3) is 0 Å². The van der Waals surface area contributed by atoms with E-state index in [9.17, 15) is 13.6 Å². The summed E-state index contributed by atoms with van der Waals surface area (Å²) in [6.07, 6.45) is 0. The fourth-order valence-electron chi connectivity index (χ4n) is 2.11. The lowest BCUT2D eigenvalue weighted by molar-refractivity contribution is 0.102. The topological polar surface area (TPSA) is 76.1 Å². The normalized spacial score (nSPS) is 10.3. The average molecular weight is 356 g/mol. The first-order valence-electron chi connectivity index (χ1n) is 7.56. The third-order valence-corrected chi connectivity index (χ3v) is 3.44. The number of carbonyl (C=O) groups excluding carboxylic acids is 1. The number of ether oxygens (including phenoxy) is 1. The van der Waals surface area contributed by atoms with Crippen molar-refractivity contribution < 1.29 is 18.3 Å². The zero-order chi connectivity index (χ0) is 18.5. The van der Waals surface area contributed by atoms with Crippen LogP contribution >= 0.6 is 0 Å². The molecule has 6 nitrogen and oxygen atoms in total. The van der Waals surface area contributed by atoms with E-state index in [2.05, 4.69) is 20.8 Å². The van der Waals surface area contributed by atoms with Crippen molar-refractivity contribution in [1.82, 2.24) is 10.2 Å². The summed E-state index contributed by atoms with van der Waals surface area (Å²) in [4.78, 5) is 12.1. The minimum Gasteiger partial charge on any atom is -0.497 e. The maximum absolute atomic E-state index is 13.2. The highest BCUT2D eigenvalue weighted by Gasteiger charge is 2.10. The molecule has 0 radical (unpaired) electrons. The quantitative estimate of drug-likeness (QED) is 0.728. The maximum Gasteiger partial charge on any atom is 0.276 e. The molecule has 0 unspecified atom stereocenters. The number of hydrogen-bond donors (Lipinski definition) is 2. The summed E-state index contributed by atoms with van der Waals surface area (Å²) in [7, 11) is 1.58. The standard InChI is InChI=1S/C18H14F2N4O2/c1-26-13-5-2-11(3-6-13)21-17-9-8-16(23-24-17)18(25)22-12-4-7-14(19)15(20)10-12/h2-10H,1H3,(H,21,24)(H,22,25). The van der Waals surface area contributed by atoms with Gasteiger partial charge in [-0.1, -0.05) is 0 Å². The van der Waals surface area contributed by atoms with Crippen molar-refractivity contribution in [3.05, 3.63) is 71.9 Å². The van der Waals surface area contributed by atoms with Crippen molar-refractivity contribution in [2.24, 2.45) is 0 Å². The fraction of sp³-hybridized carbons (Fsp3) is 0.0556. The van der Waals surface area contributed by atoms with E-state index >= 15 is 0 Å². The van der Waals surface area contributed by atoms with Crippen molar-refractivity contribution in [3.8, 4) is 5.75 Å². The number of hydrogen-bond acceptors (Lipinski definition) is 5. The van der Waals surface area contributed by atoms with Gasteiger partial charge in [0, 0.05) is 17.4 Å². The molecule has 3 rings (SSSR count). The van der Waals surface area contributed by atoms with Crippen LogP contribution in [0.2, 0.25) is 0 Å². The molecule has 0 saturated heterocycles. The van der Waals surface area contributed by atoms with Crippen molar-refractivity contribution in [2.75, 3.05) is 17.7 Å². The predicted molar refractivity (Wildman–Crippen MR) is 92.6 cm³/mol. The van der Waals surface area contributed by atoms with E-state index in [1.165, 1.54) is 12.1 Å². The lowest BCUT2D eigenvalue weighted by Crippen LogP contribution is -2.14. The van der Waals surface area contributed by atoms with E-state index in [1.807, 2.05) is 12.1 Å². The van der Waals surface area contributed by atoms with Gasteiger partial charge in [-0.15, -0.1) is 10.2 Å². The Bertz CT molecular complexity index is 915. The number of benzene rings is 2. The van der Waals surface area contributed by atoms with Gasteiger partial charge in [0.1, 0.15) is 5.75 Å². The van der Waals surface area contributed by atoms with Gasteiger partial charge in [0.05, 0.1) is 7.11 Å². The summed E-state index contributed by atoms with van der Waals surface area (Å²) in [5, 5.41) is 13.2. The molecule has 0 aliphatic rings. The van der Waals surface area contributed by atoms with Gasteiger partial charge in [-0.25, -0.2) is 8.78 Å². The lowest BCUT2D eigenvalue weighted by atomic mass is 10.2. The molecule has 3 aromatic rings. The zero-order valence-electron chi connectivity index (χ0n) is 13.7. The van der Waals surface area contributed by atoms with Gasteiger partial charge in [-0.2, -0.15) is 0 Å². The molecule has 0 saturated carbocycles. The molecule has 0 atom stereocenters. The van der Waals surface area contributed by atoms with E-state index in [4.69, 9.17) is 4.74 Å². The molecule has 0 spiro atoms. The van der Waals surface area contributed by atoms with Gasteiger partial charge < -0.3 is 15.4 Å². The van der Waals surface area contributed by atoms with Gasteiger partial charge in [0.2, 0.25) is 0 Å². The van der Waals surface area contributed by atoms with Gasteiger partial charge in [0.15, 0.2) is 23.1 Å². The molecule has 0 aliphatic carbocycles. The van der Waals surface area contributed by atoms with Crippen molar-refractivity contribution >= 4 is 23.1 Å². The Morgan fingerprint density at radius 3 is 2.27 bits per heavy atom. The van der Waals surface area contributed by atoms with Crippen LogP contribution in [-0.2, 0) is 0 Å². The number of nitrogens with one attached hydrogen (secondary N) is 2. The third kappa shape index (κ3) is 4.10. The van der Waals surface area contributed by atoms with E-state index in [-0.39, 0.29) is 11.4 Å². The summed E-state index contributed by atoms with van der Waals surface area (Å²) in [6, 6.07) is 13.3. The minimum atomic E-state index is -1.05. The van der Waals surface area contributed by atoms with E-state index in [1.54, 1.807) is 25.3 Å². The summed E-state index contributed by atoms with van der Waals surface area (Å²) in [5.41, 5.74) is 0.935. The van der Waals surface area contributed by atoms with E-state index in [0.717, 1.165) is 23.6 Å². The van der Waals surface area contributed by atoms with Crippen LogP contribution in [0.5, 0.6) is 5.75 Å². The van der Waals surface area contributed by atoms with Crippen molar-refractivity contribution in [1.29, 1.82) is 0 Å². The Kier molecular flexibility index (Phi) is 5.02. The van der Waals surface area contributed by atoms with Crippen LogP contribution in [-0.4, -0.2) is 23.2 Å². The molecule has 8 heteroatoms. The smallest absolute Gasteiger partial charge is 0.276 e. The van der Waals surface area contributed by atoms with E-state index in [0.29, 0.717) is 5.82 Å².